The number of anilines is 1. The number of guanidine groups is 1. The minimum absolute atomic E-state index is 0.104. The van der Waals surface area contributed by atoms with Gasteiger partial charge in [0.2, 0.25) is 0 Å². The standard InChI is InChI=1S/C16H21N3O2S2/c1-4-23(20,21)15-6-5-14(22-15)10-18-16(17)19-13-8-11(2)7-12(3)9-13/h5-9H,4,10H2,1-3H3,(H3,17,18,19). The lowest BCUT2D eigenvalue weighted by Crippen LogP contribution is -2.22. The zero-order valence-corrected chi connectivity index (χ0v) is 15.1. The molecule has 0 amide bonds. The number of thiophene rings is 1. The minimum atomic E-state index is -3.15. The Morgan fingerprint density at radius 3 is 2.48 bits per heavy atom. The summed E-state index contributed by atoms with van der Waals surface area (Å²) in [6.45, 7) is 6.03. The lowest BCUT2D eigenvalue weighted by molar-refractivity contribution is 0.599. The smallest absolute Gasteiger partial charge is 0.193 e. The lowest BCUT2D eigenvalue weighted by atomic mass is 10.1. The highest BCUT2D eigenvalue weighted by molar-refractivity contribution is 7.93. The number of hydrogen-bond acceptors (Lipinski definition) is 4. The summed E-state index contributed by atoms with van der Waals surface area (Å²) in [5.74, 6) is 0.412. The first kappa shape index (κ1) is 17.5. The van der Waals surface area contributed by atoms with Crippen molar-refractivity contribution >= 4 is 32.8 Å². The van der Waals surface area contributed by atoms with Gasteiger partial charge in [-0.1, -0.05) is 13.0 Å². The van der Waals surface area contributed by atoms with E-state index in [2.05, 4.69) is 16.4 Å². The Balaban J connectivity index is 2.05. The number of hydrogen-bond donors (Lipinski definition) is 2. The molecule has 23 heavy (non-hydrogen) atoms. The summed E-state index contributed by atoms with van der Waals surface area (Å²) in [7, 11) is -3.15. The molecule has 3 N–H and O–H groups in total. The van der Waals surface area contributed by atoms with E-state index in [0.29, 0.717) is 16.7 Å². The second kappa shape index (κ2) is 7.14. The average Bonchev–Trinajstić information content (AvgIpc) is 2.93. The van der Waals surface area contributed by atoms with Crippen molar-refractivity contribution in [2.24, 2.45) is 10.7 Å². The second-order valence-electron chi connectivity index (χ2n) is 5.33. The molecule has 0 atom stereocenters. The SMILES string of the molecule is CCS(=O)(=O)c1ccc(CN=C(N)Nc2cc(C)cc(C)c2)s1. The normalized spacial score (nSPS) is 12.4. The molecule has 0 aliphatic carbocycles. The van der Waals surface area contributed by atoms with Crippen molar-refractivity contribution in [2.45, 2.75) is 31.5 Å². The maximum absolute atomic E-state index is 11.8. The summed E-state index contributed by atoms with van der Waals surface area (Å²) in [5, 5.41) is 3.06. The number of nitrogens with one attached hydrogen (secondary N) is 1. The summed E-state index contributed by atoms with van der Waals surface area (Å²) >= 11 is 1.24. The van der Waals surface area contributed by atoms with Crippen molar-refractivity contribution in [3.05, 3.63) is 46.3 Å². The van der Waals surface area contributed by atoms with Crippen molar-refractivity contribution < 1.29 is 8.42 Å². The third-order valence-electron chi connectivity index (χ3n) is 3.22. The molecule has 0 aliphatic rings. The fourth-order valence-electron chi connectivity index (χ4n) is 2.15. The molecule has 124 valence electrons. The molecule has 0 fully saturated rings. The van der Waals surface area contributed by atoms with Crippen LogP contribution < -0.4 is 11.1 Å². The molecule has 0 radical (unpaired) electrons. The van der Waals surface area contributed by atoms with Crippen molar-refractivity contribution in [3.8, 4) is 0 Å². The third-order valence-corrected chi connectivity index (χ3v) is 6.61. The van der Waals surface area contributed by atoms with Crippen LogP contribution >= 0.6 is 11.3 Å². The maximum Gasteiger partial charge on any atom is 0.193 e. The van der Waals surface area contributed by atoms with Gasteiger partial charge in [0.05, 0.1) is 12.3 Å². The summed E-state index contributed by atoms with van der Waals surface area (Å²) < 4.78 is 24.0. The van der Waals surface area contributed by atoms with E-state index in [1.165, 1.54) is 11.3 Å². The van der Waals surface area contributed by atoms with E-state index in [9.17, 15) is 8.42 Å². The van der Waals surface area contributed by atoms with Crippen molar-refractivity contribution in [3.63, 3.8) is 0 Å². The molecule has 0 saturated carbocycles. The predicted octanol–water partition coefficient (Wildman–Crippen LogP) is 3.09. The molecule has 1 aromatic carbocycles. The van der Waals surface area contributed by atoms with Crippen LogP contribution in [0.2, 0.25) is 0 Å². The largest absolute Gasteiger partial charge is 0.370 e. The first-order valence-corrected chi connectivity index (χ1v) is 9.74. The molecule has 0 aliphatic heterocycles. The van der Waals surface area contributed by atoms with Crippen LogP contribution in [-0.2, 0) is 16.4 Å². The monoisotopic (exact) mass is 351 g/mol. The van der Waals surface area contributed by atoms with Crippen LogP contribution in [0.15, 0.2) is 39.5 Å². The first-order chi connectivity index (χ1) is 10.8. The van der Waals surface area contributed by atoms with Gasteiger partial charge in [-0.25, -0.2) is 13.4 Å². The molecular weight excluding hydrogens is 330 g/mol. The topological polar surface area (TPSA) is 84.5 Å². The third kappa shape index (κ3) is 4.80. The molecule has 0 saturated heterocycles. The number of nitrogens with two attached hydrogens (primary N) is 1. The fraction of sp³-hybridized carbons (Fsp3) is 0.312. The Morgan fingerprint density at radius 2 is 1.87 bits per heavy atom. The van der Waals surface area contributed by atoms with Gasteiger partial charge in [0, 0.05) is 10.6 Å². The molecule has 1 heterocycles. The highest BCUT2D eigenvalue weighted by Crippen LogP contribution is 2.23. The number of nitrogens with zero attached hydrogens (tertiary/aromatic N) is 1. The molecule has 2 aromatic rings. The Labute approximate surface area is 141 Å². The molecular formula is C16H21N3O2S2. The molecule has 1 aromatic heterocycles. The van der Waals surface area contributed by atoms with E-state index in [4.69, 9.17) is 5.73 Å². The van der Waals surface area contributed by atoms with Gasteiger partial charge in [-0.05, 0) is 49.2 Å². The van der Waals surface area contributed by atoms with Crippen molar-refractivity contribution in [1.29, 1.82) is 0 Å². The highest BCUT2D eigenvalue weighted by Gasteiger charge is 2.14. The molecule has 0 bridgehead atoms. The minimum Gasteiger partial charge on any atom is -0.370 e. The van der Waals surface area contributed by atoms with Crippen LogP contribution in [0.5, 0.6) is 0 Å². The average molecular weight is 351 g/mol. The highest BCUT2D eigenvalue weighted by atomic mass is 32.2. The summed E-state index contributed by atoms with van der Waals surface area (Å²) in [5.41, 5.74) is 9.08. The molecule has 7 heteroatoms. The maximum atomic E-state index is 11.8. The predicted molar refractivity (Wildman–Crippen MR) is 96.9 cm³/mol. The van der Waals surface area contributed by atoms with E-state index in [1.54, 1.807) is 19.1 Å². The Morgan fingerprint density at radius 1 is 1.22 bits per heavy atom. The molecule has 2 rings (SSSR count). The van der Waals surface area contributed by atoms with Gasteiger partial charge in [-0.15, -0.1) is 11.3 Å². The van der Waals surface area contributed by atoms with Gasteiger partial charge >= 0.3 is 0 Å². The Bertz CT molecular complexity index is 803. The number of rotatable bonds is 5. The van der Waals surface area contributed by atoms with Crippen molar-refractivity contribution in [2.75, 3.05) is 11.1 Å². The summed E-state index contributed by atoms with van der Waals surface area (Å²) in [6.07, 6.45) is 0. The summed E-state index contributed by atoms with van der Waals surface area (Å²) in [4.78, 5) is 5.13. The van der Waals surface area contributed by atoms with E-state index in [-0.39, 0.29) is 5.75 Å². The van der Waals surface area contributed by atoms with Crippen LogP contribution in [0.1, 0.15) is 22.9 Å². The van der Waals surface area contributed by atoms with Crippen LogP contribution in [0, 0.1) is 13.8 Å². The zero-order valence-electron chi connectivity index (χ0n) is 13.5. The van der Waals surface area contributed by atoms with Crippen molar-refractivity contribution in [1.82, 2.24) is 0 Å². The van der Waals surface area contributed by atoms with Crippen LogP contribution in [-0.4, -0.2) is 20.1 Å². The van der Waals surface area contributed by atoms with Crippen LogP contribution in [0.25, 0.3) is 0 Å². The van der Waals surface area contributed by atoms with Gasteiger partial charge in [0.1, 0.15) is 4.21 Å². The van der Waals surface area contributed by atoms with E-state index in [1.807, 2.05) is 26.0 Å². The fourth-order valence-corrected chi connectivity index (χ4v) is 4.55. The van der Waals surface area contributed by atoms with Gasteiger partial charge in [-0.3, -0.25) is 0 Å². The van der Waals surface area contributed by atoms with Gasteiger partial charge in [0.25, 0.3) is 0 Å². The lowest BCUT2D eigenvalue weighted by Gasteiger charge is -2.07. The van der Waals surface area contributed by atoms with E-state index >= 15 is 0 Å². The van der Waals surface area contributed by atoms with Crippen LogP contribution in [0.4, 0.5) is 5.69 Å². The molecule has 0 unspecified atom stereocenters. The first-order valence-electron chi connectivity index (χ1n) is 7.27. The van der Waals surface area contributed by atoms with E-state index < -0.39 is 9.84 Å². The molecule has 0 spiro atoms. The second-order valence-corrected chi connectivity index (χ2v) is 9.00. The Kier molecular flexibility index (Phi) is 5.43. The Hall–Kier alpha value is -1.86. The van der Waals surface area contributed by atoms with Gasteiger partial charge in [0.15, 0.2) is 15.8 Å². The molecule has 5 nitrogen and oxygen atoms in total. The number of aryl methyl sites for hydroxylation is 2. The number of aliphatic imine (C=N–C) groups is 1. The van der Waals surface area contributed by atoms with E-state index in [0.717, 1.165) is 21.7 Å². The number of benzene rings is 1. The summed E-state index contributed by atoms with van der Waals surface area (Å²) in [6, 6.07) is 9.47. The zero-order chi connectivity index (χ0) is 17.0. The van der Waals surface area contributed by atoms with Gasteiger partial charge < -0.3 is 11.1 Å². The van der Waals surface area contributed by atoms with Crippen LogP contribution in [0.3, 0.4) is 0 Å². The quantitative estimate of drug-likeness (QED) is 0.640. The van der Waals surface area contributed by atoms with Gasteiger partial charge in [-0.2, -0.15) is 0 Å². The number of sulfone groups is 1.